The Kier molecular flexibility index (Phi) is 4.46. The molecule has 4 nitrogen and oxygen atoms in total. The van der Waals surface area contributed by atoms with Crippen molar-refractivity contribution in [1.29, 1.82) is 0 Å². The van der Waals surface area contributed by atoms with E-state index in [0.717, 1.165) is 24.2 Å². The van der Waals surface area contributed by atoms with Crippen LogP contribution in [0.4, 0.5) is 0 Å². The van der Waals surface area contributed by atoms with E-state index >= 15 is 0 Å². The van der Waals surface area contributed by atoms with E-state index in [1.807, 2.05) is 26.0 Å². The van der Waals surface area contributed by atoms with Gasteiger partial charge in [0.1, 0.15) is 5.52 Å². The van der Waals surface area contributed by atoms with Crippen LogP contribution in [-0.4, -0.2) is 16.9 Å². The second-order valence-corrected chi connectivity index (χ2v) is 6.55. The Bertz CT molecular complexity index is 652. The maximum absolute atomic E-state index is 12.4. The summed E-state index contributed by atoms with van der Waals surface area (Å²) in [7, 11) is 0. The molecule has 22 heavy (non-hydrogen) atoms. The highest BCUT2D eigenvalue weighted by Gasteiger charge is 2.17. The number of carbonyl (C=O) groups excluding carboxylic acids is 1. The van der Waals surface area contributed by atoms with Gasteiger partial charge in [0.15, 0.2) is 11.5 Å². The van der Waals surface area contributed by atoms with E-state index in [4.69, 9.17) is 4.42 Å². The lowest BCUT2D eigenvalue weighted by Crippen LogP contribution is -2.34. The van der Waals surface area contributed by atoms with E-state index in [-0.39, 0.29) is 11.8 Å². The summed E-state index contributed by atoms with van der Waals surface area (Å²) in [6.07, 6.45) is 7.18. The Hall–Kier alpha value is -1.84. The van der Waals surface area contributed by atoms with Crippen molar-refractivity contribution in [2.75, 3.05) is 0 Å². The minimum Gasteiger partial charge on any atom is -0.440 e. The monoisotopic (exact) mass is 300 g/mol. The smallest absolute Gasteiger partial charge is 0.251 e. The molecule has 0 aliphatic heterocycles. The molecule has 0 radical (unpaired) electrons. The van der Waals surface area contributed by atoms with Crippen LogP contribution in [0, 0.1) is 0 Å². The van der Waals surface area contributed by atoms with Crippen molar-refractivity contribution in [1.82, 2.24) is 10.3 Å². The highest BCUT2D eigenvalue weighted by molar-refractivity contribution is 5.97. The number of hydrogen-bond donors (Lipinski definition) is 1. The SMILES string of the molecule is CC(C)c1nc2ccc(C(=O)NC3CCCCCC3)cc2o1. The van der Waals surface area contributed by atoms with Crippen molar-refractivity contribution < 1.29 is 9.21 Å². The third kappa shape index (κ3) is 3.32. The first-order valence-electron chi connectivity index (χ1n) is 8.35. The molecule has 1 aromatic heterocycles. The van der Waals surface area contributed by atoms with Gasteiger partial charge in [0.05, 0.1) is 0 Å². The quantitative estimate of drug-likeness (QED) is 0.855. The first-order valence-corrected chi connectivity index (χ1v) is 8.35. The number of aromatic nitrogens is 1. The number of carbonyl (C=O) groups is 1. The molecule has 4 heteroatoms. The van der Waals surface area contributed by atoms with Crippen molar-refractivity contribution in [2.45, 2.75) is 64.3 Å². The number of rotatable bonds is 3. The minimum atomic E-state index is -0.00343. The molecule has 0 spiro atoms. The van der Waals surface area contributed by atoms with Gasteiger partial charge in [-0.05, 0) is 31.0 Å². The molecular formula is C18H24N2O2. The van der Waals surface area contributed by atoms with Crippen molar-refractivity contribution in [3.63, 3.8) is 0 Å². The Morgan fingerprint density at radius 1 is 1.23 bits per heavy atom. The van der Waals surface area contributed by atoms with Gasteiger partial charge >= 0.3 is 0 Å². The summed E-state index contributed by atoms with van der Waals surface area (Å²) in [6.45, 7) is 4.09. The molecule has 0 atom stereocenters. The number of nitrogens with one attached hydrogen (secondary N) is 1. The summed E-state index contributed by atoms with van der Waals surface area (Å²) in [5, 5.41) is 3.17. The summed E-state index contributed by atoms with van der Waals surface area (Å²) >= 11 is 0. The van der Waals surface area contributed by atoms with Crippen molar-refractivity contribution in [2.24, 2.45) is 0 Å². The van der Waals surface area contributed by atoms with Gasteiger partial charge in [0, 0.05) is 17.5 Å². The Morgan fingerprint density at radius 3 is 2.64 bits per heavy atom. The zero-order valence-electron chi connectivity index (χ0n) is 13.4. The molecule has 1 aliphatic carbocycles. The van der Waals surface area contributed by atoms with E-state index in [2.05, 4.69) is 10.3 Å². The molecule has 1 aliphatic rings. The maximum Gasteiger partial charge on any atom is 0.251 e. The molecule has 0 unspecified atom stereocenters. The molecule has 1 N–H and O–H groups in total. The molecule has 1 fully saturated rings. The summed E-state index contributed by atoms with van der Waals surface area (Å²) in [5.74, 6) is 0.961. The van der Waals surface area contributed by atoms with Crippen molar-refractivity contribution in [3.8, 4) is 0 Å². The highest BCUT2D eigenvalue weighted by Crippen LogP contribution is 2.22. The number of oxazole rings is 1. The van der Waals surface area contributed by atoms with Crippen LogP contribution in [0.25, 0.3) is 11.1 Å². The van der Waals surface area contributed by atoms with Crippen LogP contribution < -0.4 is 5.32 Å². The average Bonchev–Trinajstić information content (AvgIpc) is 2.77. The lowest BCUT2D eigenvalue weighted by atomic mass is 10.1. The van der Waals surface area contributed by atoms with Gasteiger partial charge in [-0.1, -0.05) is 39.5 Å². The average molecular weight is 300 g/mol. The van der Waals surface area contributed by atoms with Gasteiger partial charge in [0.2, 0.25) is 0 Å². The summed E-state index contributed by atoms with van der Waals surface area (Å²) in [4.78, 5) is 16.9. The number of amides is 1. The minimum absolute atomic E-state index is 0.00343. The van der Waals surface area contributed by atoms with Gasteiger partial charge in [-0.25, -0.2) is 4.98 Å². The molecular weight excluding hydrogens is 276 g/mol. The third-order valence-electron chi connectivity index (χ3n) is 4.35. The lowest BCUT2D eigenvalue weighted by molar-refractivity contribution is 0.0933. The van der Waals surface area contributed by atoms with E-state index in [9.17, 15) is 4.79 Å². The summed E-state index contributed by atoms with van der Waals surface area (Å²) in [6, 6.07) is 5.82. The molecule has 0 bridgehead atoms. The second kappa shape index (κ2) is 6.51. The first-order chi connectivity index (χ1) is 10.6. The normalized spacial score (nSPS) is 16.9. The van der Waals surface area contributed by atoms with Crippen LogP contribution in [0.1, 0.15) is 74.5 Å². The maximum atomic E-state index is 12.4. The second-order valence-electron chi connectivity index (χ2n) is 6.55. The molecule has 3 rings (SSSR count). The largest absolute Gasteiger partial charge is 0.440 e. The van der Waals surface area contributed by atoms with Crippen LogP contribution in [0.15, 0.2) is 22.6 Å². The van der Waals surface area contributed by atoms with Gasteiger partial charge in [0.25, 0.3) is 5.91 Å². The number of hydrogen-bond acceptors (Lipinski definition) is 3. The van der Waals surface area contributed by atoms with E-state index in [0.29, 0.717) is 17.2 Å². The van der Waals surface area contributed by atoms with Crippen LogP contribution in [0.2, 0.25) is 0 Å². The van der Waals surface area contributed by atoms with Gasteiger partial charge in [-0.2, -0.15) is 0 Å². The Morgan fingerprint density at radius 2 is 1.95 bits per heavy atom. The van der Waals surface area contributed by atoms with Gasteiger partial charge in [-0.15, -0.1) is 0 Å². The highest BCUT2D eigenvalue weighted by atomic mass is 16.3. The topological polar surface area (TPSA) is 55.1 Å². The number of nitrogens with zero attached hydrogens (tertiary/aromatic N) is 1. The standard InChI is InChI=1S/C18H24N2O2/c1-12(2)18-20-15-10-9-13(11-16(15)22-18)17(21)19-14-7-5-3-4-6-8-14/h9-12,14H,3-8H2,1-2H3,(H,19,21). The Balaban J connectivity index is 1.75. The van der Waals surface area contributed by atoms with Crippen LogP contribution in [0.5, 0.6) is 0 Å². The van der Waals surface area contributed by atoms with E-state index in [1.54, 1.807) is 6.07 Å². The van der Waals surface area contributed by atoms with Gasteiger partial charge in [-0.3, -0.25) is 4.79 Å². The summed E-state index contributed by atoms with van der Waals surface area (Å²) in [5.41, 5.74) is 2.16. The summed E-state index contributed by atoms with van der Waals surface area (Å²) < 4.78 is 5.74. The van der Waals surface area contributed by atoms with Gasteiger partial charge < -0.3 is 9.73 Å². The van der Waals surface area contributed by atoms with Crippen LogP contribution in [-0.2, 0) is 0 Å². The first kappa shape index (κ1) is 15.1. The fraction of sp³-hybridized carbons (Fsp3) is 0.556. The zero-order chi connectivity index (χ0) is 15.5. The molecule has 1 aromatic carbocycles. The molecule has 2 aromatic rings. The zero-order valence-corrected chi connectivity index (χ0v) is 13.4. The molecule has 0 saturated heterocycles. The molecule has 1 saturated carbocycles. The lowest BCUT2D eigenvalue weighted by Gasteiger charge is -2.16. The fourth-order valence-electron chi connectivity index (χ4n) is 3.02. The third-order valence-corrected chi connectivity index (χ3v) is 4.35. The molecule has 1 amide bonds. The molecule has 1 heterocycles. The predicted octanol–water partition coefficient (Wildman–Crippen LogP) is 4.40. The van der Waals surface area contributed by atoms with Crippen LogP contribution in [0.3, 0.4) is 0 Å². The van der Waals surface area contributed by atoms with Crippen molar-refractivity contribution >= 4 is 17.0 Å². The van der Waals surface area contributed by atoms with E-state index < -0.39 is 0 Å². The predicted molar refractivity (Wildman–Crippen MR) is 87.1 cm³/mol. The van der Waals surface area contributed by atoms with Crippen LogP contribution >= 0.6 is 0 Å². The molecule has 118 valence electrons. The number of benzene rings is 1. The van der Waals surface area contributed by atoms with Crippen molar-refractivity contribution in [3.05, 3.63) is 29.7 Å². The fourth-order valence-corrected chi connectivity index (χ4v) is 3.02. The Labute approximate surface area is 131 Å². The number of fused-ring (bicyclic) bond motifs is 1. The van der Waals surface area contributed by atoms with E-state index in [1.165, 1.54) is 25.7 Å².